The van der Waals surface area contributed by atoms with Gasteiger partial charge in [0.2, 0.25) is 0 Å². The fourth-order valence-electron chi connectivity index (χ4n) is 3.20. The van der Waals surface area contributed by atoms with Crippen LogP contribution in [0.1, 0.15) is 51.8 Å². The molecule has 0 unspecified atom stereocenters. The van der Waals surface area contributed by atoms with Gasteiger partial charge in [0.1, 0.15) is 12.2 Å². The van der Waals surface area contributed by atoms with Crippen LogP contribution < -0.4 is 0 Å². The van der Waals surface area contributed by atoms with Gasteiger partial charge in [0.05, 0.1) is 12.0 Å². The van der Waals surface area contributed by atoms with Crippen molar-refractivity contribution in [3.8, 4) is 0 Å². The Morgan fingerprint density at radius 2 is 2.05 bits per heavy atom. The number of likely N-dealkylation sites (tertiary alicyclic amines) is 1. The minimum atomic E-state index is -0.627. The number of hydrogen-bond donors (Lipinski definition) is 1. The molecule has 0 aromatic carbocycles. The predicted molar refractivity (Wildman–Crippen MR) is 79.8 cm³/mol. The molecule has 0 bridgehead atoms. The van der Waals surface area contributed by atoms with Gasteiger partial charge in [0.25, 0.3) is 0 Å². The monoisotopic (exact) mass is 294 g/mol. The predicted octanol–water partition coefficient (Wildman–Crippen LogP) is 2.16. The zero-order valence-corrected chi connectivity index (χ0v) is 13.1. The van der Waals surface area contributed by atoms with Crippen LogP contribution in [0.4, 0.5) is 0 Å². The van der Waals surface area contributed by atoms with Gasteiger partial charge < -0.3 is 5.11 Å². The number of carboxylic acids is 1. The van der Waals surface area contributed by atoms with E-state index in [1.165, 1.54) is 0 Å². The van der Waals surface area contributed by atoms with Gasteiger partial charge in [0.15, 0.2) is 0 Å². The lowest BCUT2D eigenvalue weighted by molar-refractivity contribution is -0.152. The van der Waals surface area contributed by atoms with Gasteiger partial charge in [-0.15, -0.1) is 0 Å². The molecule has 0 atom stereocenters. The number of hydrogen-bond acceptors (Lipinski definition) is 4. The van der Waals surface area contributed by atoms with Crippen molar-refractivity contribution in [2.24, 2.45) is 5.41 Å². The summed E-state index contributed by atoms with van der Waals surface area (Å²) in [6.45, 7) is 7.49. The molecule has 6 nitrogen and oxygen atoms in total. The number of nitrogens with zero attached hydrogens (tertiary/aromatic N) is 4. The summed E-state index contributed by atoms with van der Waals surface area (Å²) in [5.74, 6) is 0.355. The Labute approximate surface area is 126 Å². The molecule has 118 valence electrons. The zero-order valence-electron chi connectivity index (χ0n) is 13.1. The molecule has 0 amide bonds. The minimum Gasteiger partial charge on any atom is -0.481 e. The highest BCUT2D eigenvalue weighted by Crippen LogP contribution is 2.36. The summed E-state index contributed by atoms with van der Waals surface area (Å²) in [5, 5.41) is 13.8. The maximum Gasteiger partial charge on any atom is 0.309 e. The van der Waals surface area contributed by atoms with Crippen molar-refractivity contribution in [3.63, 3.8) is 0 Å². The third-order valence-corrected chi connectivity index (χ3v) is 4.49. The molecule has 0 radical (unpaired) electrons. The summed E-state index contributed by atoms with van der Waals surface area (Å²) in [4.78, 5) is 18.2. The lowest BCUT2D eigenvalue weighted by Gasteiger charge is -2.38. The average Bonchev–Trinajstić information content (AvgIpc) is 2.89. The van der Waals surface area contributed by atoms with E-state index < -0.39 is 11.4 Å². The first-order chi connectivity index (χ1) is 10.1. The largest absolute Gasteiger partial charge is 0.481 e. The summed E-state index contributed by atoms with van der Waals surface area (Å²) in [5.41, 5.74) is -0.512. The Hall–Kier alpha value is -1.43. The van der Waals surface area contributed by atoms with Crippen molar-refractivity contribution in [2.45, 2.75) is 59.0 Å². The summed E-state index contributed by atoms with van der Waals surface area (Å²) in [6.07, 6.45) is 5.82. The highest BCUT2D eigenvalue weighted by Gasteiger charge is 2.40. The second-order valence-corrected chi connectivity index (χ2v) is 6.01. The topological polar surface area (TPSA) is 71.2 Å². The molecule has 0 aliphatic carbocycles. The molecule has 1 aromatic rings. The van der Waals surface area contributed by atoms with E-state index in [1.807, 2.05) is 4.68 Å². The van der Waals surface area contributed by atoms with E-state index in [0.29, 0.717) is 0 Å². The highest BCUT2D eigenvalue weighted by molar-refractivity contribution is 5.74. The van der Waals surface area contributed by atoms with Gasteiger partial charge in [-0.3, -0.25) is 9.69 Å². The molecule has 6 heteroatoms. The van der Waals surface area contributed by atoms with Gasteiger partial charge in [0, 0.05) is 6.54 Å². The SMILES string of the molecule is CCCn1ncnc1CN1CCC(CCC)(C(=O)O)CC1. The second kappa shape index (κ2) is 7.02. The molecule has 0 saturated carbocycles. The number of piperidine rings is 1. The smallest absolute Gasteiger partial charge is 0.309 e. The summed E-state index contributed by atoms with van der Waals surface area (Å²) in [6, 6.07) is 0. The molecule has 2 heterocycles. The van der Waals surface area contributed by atoms with Crippen molar-refractivity contribution >= 4 is 5.97 Å². The lowest BCUT2D eigenvalue weighted by Crippen LogP contribution is -2.44. The van der Waals surface area contributed by atoms with Crippen molar-refractivity contribution < 1.29 is 9.90 Å². The van der Waals surface area contributed by atoms with E-state index in [0.717, 1.165) is 64.1 Å². The summed E-state index contributed by atoms with van der Waals surface area (Å²) in [7, 11) is 0. The fraction of sp³-hybridized carbons (Fsp3) is 0.800. The highest BCUT2D eigenvalue weighted by atomic mass is 16.4. The molecule has 1 N–H and O–H groups in total. The van der Waals surface area contributed by atoms with Crippen LogP contribution in [0, 0.1) is 5.41 Å². The zero-order chi connectivity index (χ0) is 15.3. The van der Waals surface area contributed by atoms with Gasteiger partial charge >= 0.3 is 5.97 Å². The Morgan fingerprint density at radius 1 is 1.33 bits per heavy atom. The fourth-order valence-corrected chi connectivity index (χ4v) is 3.20. The number of aromatic nitrogens is 3. The van der Waals surface area contributed by atoms with Crippen molar-refractivity contribution in [2.75, 3.05) is 13.1 Å². The third kappa shape index (κ3) is 3.61. The minimum absolute atomic E-state index is 0.512. The van der Waals surface area contributed by atoms with Crippen LogP contribution in [0.3, 0.4) is 0 Å². The van der Waals surface area contributed by atoms with Gasteiger partial charge in [-0.2, -0.15) is 5.10 Å². The van der Waals surface area contributed by atoms with Crippen molar-refractivity contribution in [3.05, 3.63) is 12.2 Å². The number of rotatable bonds is 7. The second-order valence-electron chi connectivity index (χ2n) is 6.01. The standard InChI is InChI=1S/C15H26N4O2/c1-3-5-15(14(20)21)6-9-18(10-7-15)11-13-16-12-17-19(13)8-4-2/h12H,3-11H2,1-2H3,(H,20,21). The average molecular weight is 294 g/mol. The summed E-state index contributed by atoms with van der Waals surface area (Å²) < 4.78 is 1.95. The summed E-state index contributed by atoms with van der Waals surface area (Å²) >= 11 is 0. The number of carboxylic acid groups (broad SMARTS) is 1. The number of carbonyl (C=O) groups is 1. The molecule has 1 fully saturated rings. The third-order valence-electron chi connectivity index (χ3n) is 4.49. The van der Waals surface area contributed by atoms with Crippen LogP contribution in [0.25, 0.3) is 0 Å². The van der Waals surface area contributed by atoms with Gasteiger partial charge in [-0.05, 0) is 38.8 Å². The van der Waals surface area contributed by atoms with Gasteiger partial charge in [-0.25, -0.2) is 9.67 Å². The maximum atomic E-state index is 11.6. The Bertz CT molecular complexity index is 464. The maximum absolute atomic E-state index is 11.6. The molecular formula is C15H26N4O2. The first kappa shape index (κ1) is 15.9. The molecule has 1 aliphatic heterocycles. The molecule has 2 rings (SSSR count). The van der Waals surface area contributed by atoms with Crippen LogP contribution in [-0.4, -0.2) is 43.8 Å². The van der Waals surface area contributed by atoms with Crippen molar-refractivity contribution in [1.82, 2.24) is 19.7 Å². The van der Waals surface area contributed by atoms with E-state index in [9.17, 15) is 9.90 Å². The van der Waals surface area contributed by atoms with Crippen LogP contribution in [0.2, 0.25) is 0 Å². The molecule has 1 saturated heterocycles. The van der Waals surface area contributed by atoms with E-state index >= 15 is 0 Å². The first-order valence-electron chi connectivity index (χ1n) is 7.93. The quantitative estimate of drug-likeness (QED) is 0.834. The van der Waals surface area contributed by atoms with Crippen LogP contribution in [0.5, 0.6) is 0 Å². The van der Waals surface area contributed by atoms with Crippen LogP contribution in [0.15, 0.2) is 6.33 Å². The number of aliphatic carboxylic acids is 1. The van der Waals surface area contributed by atoms with Crippen LogP contribution >= 0.6 is 0 Å². The Morgan fingerprint density at radius 3 is 2.62 bits per heavy atom. The van der Waals surface area contributed by atoms with E-state index in [4.69, 9.17) is 0 Å². The van der Waals surface area contributed by atoms with E-state index in [2.05, 4.69) is 28.8 Å². The van der Waals surface area contributed by atoms with Gasteiger partial charge in [-0.1, -0.05) is 20.3 Å². The van der Waals surface area contributed by atoms with E-state index in [1.54, 1.807) is 6.33 Å². The molecule has 21 heavy (non-hydrogen) atoms. The normalized spacial score (nSPS) is 18.8. The molecule has 1 aliphatic rings. The molecule has 0 spiro atoms. The number of aryl methyl sites for hydroxylation is 1. The molecule has 1 aromatic heterocycles. The van der Waals surface area contributed by atoms with Crippen molar-refractivity contribution in [1.29, 1.82) is 0 Å². The van der Waals surface area contributed by atoms with E-state index in [-0.39, 0.29) is 0 Å². The Balaban J connectivity index is 1.94. The molecular weight excluding hydrogens is 268 g/mol. The van der Waals surface area contributed by atoms with Crippen LogP contribution in [-0.2, 0) is 17.9 Å². The lowest BCUT2D eigenvalue weighted by atomic mass is 9.75. The Kier molecular flexibility index (Phi) is 5.33. The first-order valence-corrected chi connectivity index (χ1v) is 7.93.